The molecule has 2 aromatic heterocycles. The number of nitrogens with one attached hydrogen (secondary N) is 1. The Morgan fingerprint density at radius 1 is 1.14 bits per heavy atom. The third-order valence-electron chi connectivity index (χ3n) is 8.40. The Morgan fingerprint density at radius 3 is 2.76 bits per heavy atom. The quantitative estimate of drug-likeness (QED) is 0.491. The second-order valence-electron chi connectivity index (χ2n) is 10.7. The van der Waals surface area contributed by atoms with Crippen molar-refractivity contribution < 1.29 is 9.21 Å². The molecule has 2 saturated carbocycles. The van der Waals surface area contributed by atoms with Crippen LogP contribution in [0.1, 0.15) is 60.9 Å². The van der Waals surface area contributed by atoms with Gasteiger partial charge in [-0.2, -0.15) is 5.26 Å². The summed E-state index contributed by atoms with van der Waals surface area (Å²) in [4.78, 5) is 27.4. The number of hydrogen-bond acceptors (Lipinski definition) is 8. The maximum Gasteiger partial charge on any atom is 0.295 e. The molecule has 1 amide bonds. The number of fused-ring (bicyclic) bond motifs is 2. The normalized spacial score (nSPS) is 26.7. The highest BCUT2D eigenvalue weighted by atomic mass is 16.4. The van der Waals surface area contributed by atoms with Gasteiger partial charge in [-0.1, -0.05) is 25.0 Å². The largest absolute Gasteiger partial charge is 0.424 e. The van der Waals surface area contributed by atoms with Crippen LogP contribution in [0.4, 0.5) is 12.0 Å². The Bertz CT molecular complexity index is 1310. The van der Waals surface area contributed by atoms with Crippen molar-refractivity contribution in [2.24, 2.45) is 23.5 Å². The maximum absolute atomic E-state index is 11.5. The van der Waals surface area contributed by atoms with Gasteiger partial charge in [0.2, 0.25) is 11.9 Å². The van der Waals surface area contributed by atoms with Crippen molar-refractivity contribution in [1.29, 1.82) is 5.26 Å². The molecule has 1 aliphatic heterocycles. The molecule has 1 saturated heterocycles. The summed E-state index contributed by atoms with van der Waals surface area (Å²) in [5.41, 5.74) is 7.15. The van der Waals surface area contributed by atoms with Gasteiger partial charge in [-0.25, -0.2) is 15.0 Å². The molecule has 3 fully saturated rings. The van der Waals surface area contributed by atoms with Crippen LogP contribution in [0.15, 0.2) is 47.3 Å². The number of anilines is 2. The van der Waals surface area contributed by atoms with Gasteiger partial charge in [0, 0.05) is 29.8 Å². The Morgan fingerprint density at radius 2 is 1.97 bits per heavy atom. The number of nitrogens with two attached hydrogens (primary N) is 1. The second-order valence-corrected chi connectivity index (χ2v) is 10.7. The van der Waals surface area contributed by atoms with E-state index in [0.717, 1.165) is 24.5 Å². The first-order valence-corrected chi connectivity index (χ1v) is 13.2. The van der Waals surface area contributed by atoms with Crippen LogP contribution in [-0.4, -0.2) is 39.5 Å². The van der Waals surface area contributed by atoms with E-state index < -0.39 is 5.91 Å². The number of amides is 1. The van der Waals surface area contributed by atoms with Crippen LogP contribution in [0, 0.1) is 29.1 Å². The fraction of sp³-hybridized carbons (Fsp3) is 0.464. The smallest absolute Gasteiger partial charge is 0.295 e. The molecular weight excluding hydrogens is 466 g/mol. The van der Waals surface area contributed by atoms with Crippen molar-refractivity contribution in [3.63, 3.8) is 0 Å². The van der Waals surface area contributed by atoms with Gasteiger partial charge in [-0.05, 0) is 62.0 Å². The highest BCUT2D eigenvalue weighted by Crippen LogP contribution is 2.47. The Kier molecular flexibility index (Phi) is 6.25. The van der Waals surface area contributed by atoms with Crippen LogP contribution >= 0.6 is 0 Å². The molecule has 3 aliphatic rings. The summed E-state index contributed by atoms with van der Waals surface area (Å²) in [5, 5.41) is 12.7. The average molecular weight is 498 g/mol. The maximum atomic E-state index is 11.5. The fourth-order valence-corrected chi connectivity index (χ4v) is 6.70. The van der Waals surface area contributed by atoms with Crippen molar-refractivity contribution in [3.8, 4) is 17.4 Å². The molecule has 3 N–H and O–H groups in total. The first-order valence-electron chi connectivity index (χ1n) is 13.2. The number of carbonyl (C=O) groups is 1. The number of rotatable bonds is 7. The van der Waals surface area contributed by atoms with Gasteiger partial charge in [0.05, 0.1) is 24.2 Å². The lowest BCUT2D eigenvalue weighted by molar-refractivity contribution is 0.100. The number of nitrogens with zero attached hydrogens (tertiary/aromatic N) is 5. The minimum absolute atomic E-state index is 0.316. The average Bonchev–Trinajstić information content (AvgIpc) is 3.66. The van der Waals surface area contributed by atoms with E-state index in [1.54, 1.807) is 36.8 Å². The Hall–Kier alpha value is -3.93. The fourth-order valence-electron chi connectivity index (χ4n) is 6.70. The third-order valence-corrected chi connectivity index (χ3v) is 8.40. The van der Waals surface area contributed by atoms with Gasteiger partial charge in [0.25, 0.3) is 6.01 Å². The van der Waals surface area contributed by atoms with Crippen LogP contribution in [0.5, 0.6) is 0 Å². The van der Waals surface area contributed by atoms with Gasteiger partial charge in [0.1, 0.15) is 6.07 Å². The highest BCUT2D eigenvalue weighted by molar-refractivity contribution is 5.93. The number of primary amides is 1. The predicted octanol–water partition coefficient (Wildman–Crippen LogP) is 4.38. The first kappa shape index (κ1) is 23.5. The van der Waals surface area contributed by atoms with Gasteiger partial charge in [0.15, 0.2) is 5.76 Å². The Labute approximate surface area is 216 Å². The molecule has 6 rings (SSSR count). The van der Waals surface area contributed by atoms with Crippen molar-refractivity contribution in [1.82, 2.24) is 15.0 Å². The SMILES string of the molecule is N#Cc1cnc(N2C[C@@H]3C[C@H](C[C@@H]4CCCC[C@H]4Nc4ncc(-c5cccc(C(N)=O)c5)o4)[C@H]2C3)nc1. The molecule has 0 spiro atoms. The van der Waals surface area contributed by atoms with E-state index >= 15 is 0 Å². The van der Waals surface area contributed by atoms with Crippen LogP contribution in [0.3, 0.4) is 0 Å². The zero-order valence-corrected chi connectivity index (χ0v) is 20.7. The topological polar surface area (TPSA) is 134 Å². The molecule has 0 unspecified atom stereocenters. The van der Waals surface area contributed by atoms with Crippen LogP contribution < -0.4 is 16.0 Å². The number of hydrogen-bond donors (Lipinski definition) is 2. The van der Waals surface area contributed by atoms with E-state index in [4.69, 9.17) is 15.4 Å². The summed E-state index contributed by atoms with van der Waals surface area (Å²) < 4.78 is 6.05. The summed E-state index contributed by atoms with van der Waals surface area (Å²) in [7, 11) is 0. The minimum atomic E-state index is -0.463. The van der Waals surface area contributed by atoms with Crippen LogP contribution in [-0.2, 0) is 0 Å². The number of carbonyl (C=O) groups excluding carboxylic acids is 1. The molecule has 2 aliphatic carbocycles. The molecule has 1 aromatic carbocycles. The van der Waals surface area contributed by atoms with Gasteiger partial charge in [-0.15, -0.1) is 0 Å². The molecule has 2 bridgehead atoms. The van der Waals surface area contributed by atoms with E-state index in [2.05, 4.69) is 31.2 Å². The number of benzene rings is 1. The lowest BCUT2D eigenvalue weighted by Crippen LogP contribution is -2.42. The minimum Gasteiger partial charge on any atom is -0.424 e. The van der Waals surface area contributed by atoms with Crippen molar-refractivity contribution in [2.75, 3.05) is 16.8 Å². The lowest BCUT2D eigenvalue weighted by Gasteiger charge is -2.38. The standard InChI is InChI=1S/C28H31N7O2/c29-12-18-13-31-27(32-14-18)35-16-17-8-22(24(35)9-17)10-19-4-1-2-7-23(19)34-28-33-15-25(37-28)20-5-3-6-21(11-20)26(30)36/h3,5-6,11,13-15,17,19,22-24H,1-2,4,7-10,16H2,(H2,30,36)(H,33,34)/t17-,19+,22-,23-,24-/m1/s1. The summed E-state index contributed by atoms with van der Waals surface area (Å²) in [6.07, 6.45) is 13.3. The highest BCUT2D eigenvalue weighted by Gasteiger charge is 2.47. The van der Waals surface area contributed by atoms with Crippen LogP contribution in [0.25, 0.3) is 11.3 Å². The molecule has 37 heavy (non-hydrogen) atoms. The number of piperidine rings is 1. The summed E-state index contributed by atoms with van der Waals surface area (Å²) in [6.45, 7) is 1.01. The van der Waals surface area contributed by atoms with Crippen molar-refractivity contribution in [2.45, 2.75) is 57.0 Å². The lowest BCUT2D eigenvalue weighted by atomic mass is 9.77. The zero-order valence-electron chi connectivity index (χ0n) is 20.7. The van der Waals surface area contributed by atoms with E-state index in [-0.39, 0.29) is 0 Å². The number of nitriles is 1. The first-order chi connectivity index (χ1) is 18.1. The van der Waals surface area contributed by atoms with Crippen LogP contribution in [0.2, 0.25) is 0 Å². The molecule has 5 atom stereocenters. The number of aromatic nitrogens is 3. The van der Waals surface area contributed by atoms with Gasteiger partial charge in [-0.3, -0.25) is 4.79 Å². The second kappa shape index (κ2) is 9.85. The molecule has 9 heteroatoms. The molecule has 190 valence electrons. The predicted molar refractivity (Wildman–Crippen MR) is 139 cm³/mol. The Balaban J connectivity index is 1.13. The summed E-state index contributed by atoms with van der Waals surface area (Å²) in [6, 6.07) is 10.5. The molecule has 9 nitrogen and oxygen atoms in total. The van der Waals surface area contributed by atoms with E-state index in [1.807, 2.05) is 6.07 Å². The van der Waals surface area contributed by atoms with Gasteiger partial charge < -0.3 is 20.4 Å². The molecular formula is C28H31N7O2. The van der Waals surface area contributed by atoms with Crippen molar-refractivity contribution in [3.05, 3.63) is 54.0 Å². The van der Waals surface area contributed by atoms with Gasteiger partial charge >= 0.3 is 0 Å². The summed E-state index contributed by atoms with van der Waals surface area (Å²) >= 11 is 0. The van der Waals surface area contributed by atoms with Crippen molar-refractivity contribution >= 4 is 17.9 Å². The molecule has 3 aromatic rings. The molecule has 3 heterocycles. The number of oxazole rings is 1. The van der Waals surface area contributed by atoms with E-state index in [9.17, 15) is 4.79 Å². The molecule has 0 radical (unpaired) electrons. The zero-order chi connectivity index (χ0) is 25.4. The van der Waals surface area contributed by atoms with E-state index in [1.165, 1.54) is 38.5 Å². The summed E-state index contributed by atoms with van der Waals surface area (Å²) in [5.74, 6) is 2.76. The monoisotopic (exact) mass is 497 g/mol. The third kappa shape index (κ3) is 4.76. The van der Waals surface area contributed by atoms with E-state index in [0.29, 0.717) is 52.7 Å².